The van der Waals surface area contributed by atoms with Crippen LogP contribution in [0, 0.1) is 46.3 Å². The van der Waals surface area contributed by atoms with Crippen LogP contribution in [0.5, 0.6) is 0 Å². The molecule has 0 aromatic heterocycles. The third-order valence-electron chi connectivity index (χ3n) is 11.6. The average Bonchev–Trinajstić information content (AvgIpc) is 3.29. The van der Waals surface area contributed by atoms with Crippen molar-refractivity contribution in [2.24, 2.45) is 46.3 Å². The number of epoxide rings is 1. The first-order chi connectivity index (χ1) is 14.7. The van der Waals surface area contributed by atoms with Crippen molar-refractivity contribution >= 4 is 12.1 Å². The standard InChI is InChI=1S/C27H45FO2S/c1-16(2)23(31-28)9-6-17(3)20-7-8-21-19-14-24-27(30-24)15-18(29)10-13-26(27,5)22(19)11-12-25(20,21)4/h16-24,29H,6-15H2,1-5H3/t17?,18?,19?,20?,21?,22?,23?,24-,25?,26?,27?/m1/s1. The fraction of sp³-hybridized carbons (Fsp3) is 1.00. The second kappa shape index (κ2) is 7.87. The predicted molar refractivity (Wildman–Crippen MR) is 126 cm³/mol. The molecule has 0 amide bonds. The minimum atomic E-state index is -0.155. The van der Waals surface area contributed by atoms with Crippen molar-refractivity contribution in [3.8, 4) is 0 Å². The molecule has 31 heavy (non-hydrogen) atoms. The molecule has 5 fully saturated rings. The van der Waals surface area contributed by atoms with Gasteiger partial charge >= 0.3 is 0 Å². The summed E-state index contributed by atoms with van der Waals surface area (Å²) in [5.74, 6) is 4.33. The summed E-state index contributed by atoms with van der Waals surface area (Å²) < 4.78 is 19.9. The molecule has 1 saturated heterocycles. The van der Waals surface area contributed by atoms with Gasteiger partial charge in [0.15, 0.2) is 0 Å². The Morgan fingerprint density at radius 2 is 1.81 bits per heavy atom. The minimum absolute atomic E-state index is 0.000757. The van der Waals surface area contributed by atoms with Gasteiger partial charge in [0.2, 0.25) is 0 Å². The Labute approximate surface area is 194 Å². The van der Waals surface area contributed by atoms with E-state index in [9.17, 15) is 8.99 Å². The Morgan fingerprint density at radius 3 is 2.52 bits per heavy atom. The number of aliphatic hydroxyl groups is 1. The Balaban J connectivity index is 1.31. The molecule has 5 rings (SSSR count). The van der Waals surface area contributed by atoms with E-state index in [-0.39, 0.29) is 22.4 Å². The van der Waals surface area contributed by atoms with Gasteiger partial charge in [0.1, 0.15) is 5.60 Å². The lowest BCUT2D eigenvalue weighted by atomic mass is 9.44. The highest BCUT2D eigenvalue weighted by Gasteiger charge is 2.76. The molecule has 0 aromatic rings. The highest BCUT2D eigenvalue weighted by atomic mass is 32.2. The summed E-state index contributed by atoms with van der Waals surface area (Å²) in [6.07, 6.45) is 12.1. The van der Waals surface area contributed by atoms with E-state index in [1.807, 2.05) is 0 Å². The van der Waals surface area contributed by atoms with Crippen LogP contribution in [0.15, 0.2) is 0 Å². The third-order valence-corrected chi connectivity index (χ3v) is 12.6. The van der Waals surface area contributed by atoms with Crippen LogP contribution in [-0.4, -0.2) is 28.2 Å². The molecule has 5 aliphatic rings. The van der Waals surface area contributed by atoms with Crippen LogP contribution in [0.2, 0.25) is 0 Å². The fourth-order valence-electron chi connectivity index (χ4n) is 9.74. The van der Waals surface area contributed by atoms with Crippen molar-refractivity contribution in [2.45, 2.75) is 122 Å². The summed E-state index contributed by atoms with van der Waals surface area (Å²) in [7, 11) is 0. The van der Waals surface area contributed by atoms with Gasteiger partial charge in [0.05, 0.1) is 12.2 Å². The van der Waals surface area contributed by atoms with E-state index in [4.69, 9.17) is 4.74 Å². The van der Waals surface area contributed by atoms with E-state index in [0.717, 1.165) is 49.4 Å². The number of hydrogen-bond donors (Lipinski definition) is 1. The predicted octanol–water partition coefficient (Wildman–Crippen LogP) is 7.20. The number of hydrogen-bond acceptors (Lipinski definition) is 3. The molecule has 10 unspecified atom stereocenters. The number of fused-ring (bicyclic) bond motifs is 4. The maximum absolute atomic E-state index is 13.4. The van der Waals surface area contributed by atoms with Crippen LogP contribution >= 0.6 is 12.1 Å². The molecule has 1 aliphatic heterocycles. The molecule has 0 radical (unpaired) electrons. The summed E-state index contributed by atoms with van der Waals surface area (Å²) in [4.78, 5) is 0. The second-order valence-electron chi connectivity index (χ2n) is 13.1. The molecule has 4 heteroatoms. The normalized spacial score (nSPS) is 52.6. The van der Waals surface area contributed by atoms with Gasteiger partial charge in [-0.1, -0.05) is 34.6 Å². The zero-order valence-electron chi connectivity index (χ0n) is 20.4. The summed E-state index contributed by atoms with van der Waals surface area (Å²) in [5, 5.41) is 10.5. The lowest BCUT2D eigenvalue weighted by Crippen LogP contribution is -2.58. The Kier molecular flexibility index (Phi) is 5.83. The summed E-state index contributed by atoms with van der Waals surface area (Å²) in [5.41, 5.74) is 0.727. The SMILES string of the molecule is CC(C)C(CCC(C)C1CCC2C3C[C@H]4OC45CC(O)CCC5(C)C3CCC12C)SF. The molecule has 178 valence electrons. The van der Waals surface area contributed by atoms with E-state index < -0.39 is 0 Å². The van der Waals surface area contributed by atoms with Crippen molar-refractivity contribution < 1.29 is 13.7 Å². The smallest absolute Gasteiger partial charge is 0.103 e. The number of halogens is 1. The highest BCUT2D eigenvalue weighted by molar-refractivity contribution is 7.94. The molecule has 0 aromatic carbocycles. The van der Waals surface area contributed by atoms with E-state index in [1.165, 1.54) is 38.5 Å². The molecule has 11 atom stereocenters. The summed E-state index contributed by atoms with van der Waals surface area (Å²) in [6.45, 7) is 11.9. The van der Waals surface area contributed by atoms with Crippen molar-refractivity contribution in [1.29, 1.82) is 0 Å². The van der Waals surface area contributed by atoms with Crippen molar-refractivity contribution in [1.82, 2.24) is 0 Å². The average molecular weight is 453 g/mol. The Bertz CT molecular complexity index is 686. The second-order valence-corrected chi connectivity index (χ2v) is 13.9. The molecule has 4 saturated carbocycles. The first kappa shape index (κ1) is 23.0. The van der Waals surface area contributed by atoms with Crippen LogP contribution in [0.1, 0.15) is 98.8 Å². The largest absolute Gasteiger partial charge is 0.393 e. The zero-order chi connectivity index (χ0) is 22.2. The van der Waals surface area contributed by atoms with Crippen LogP contribution in [0.4, 0.5) is 3.89 Å². The lowest BCUT2D eigenvalue weighted by Gasteiger charge is -2.59. The van der Waals surface area contributed by atoms with Crippen LogP contribution in [0.3, 0.4) is 0 Å². The van der Waals surface area contributed by atoms with Gasteiger partial charge in [0.25, 0.3) is 0 Å². The molecular weight excluding hydrogens is 407 g/mol. The molecular formula is C27H45FO2S. The van der Waals surface area contributed by atoms with Gasteiger partial charge in [-0.05, 0) is 98.7 Å². The van der Waals surface area contributed by atoms with Crippen molar-refractivity contribution in [3.05, 3.63) is 0 Å². The van der Waals surface area contributed by atoms with Gasteiger partial charge in [0, 0.05) is 29.2 Å². The summed E-state index contributed by atoms with van der Waals surface area (Å²) in [6, 6.07) is 0. The van der Waals surface area contributed by atoms with E-state index in [1.54, 1.807) is 0 Å². The molecule has 2 nitrogen and oxygen atoms in total. The number of aliphatic hydroxyl groups excluding tert-OH is 1. The minimum Gasteiger partial charge on any atom is -0.393 e. The van der Waals surface area contributed by atoms with Crippen molar-refractivity contribution in [3.63, 3.8) is 0 Å². The molecule has 1 spiro atoms. The fourth-order valence-corrected chi connectivity index (χ4v) is 10.2. The number of ether oxygens (including phenoxy) is 1. The Morgan fingerprint density at radius 1 is 1.03 bits per heavy atom. The molecule has 0 bridgehead atoms. The van der Waals surface area contributed by atoms with E-state index in [2.05, 4.69) is 34.6 Å². The zero-order valence-corrected chi connectivity index (χ0v) is 21.2. The quantitative estimate of drug-likeness (QED) is 0.433. The van der Waals surface area contributed by atoms with Crippen LogP contribution in [-0.2, 0) is 4.74 Å². The van der Waals surface area contributed by atoms with Gasteiger partial charge in [-0.25, -0.2) is 0 Å². The maximum Gasteiger partial charge on any atom is 0.103 e. The van der Waals surface area contributed by atoms with Gasteiger partial charge in [-0.3, -0.25) is 0 Å². The molecule has 4 aliphatic carbocycles. The van der Waals surface area contributed by atoms with Crippen molar-refractivity contribution in [2.75, 3.05) is 0 Å². The monoisotopic (exact) mass is 452 g/mol. The Hall–Kier alpha value is 0.200. The highest BCUT2D eigenvalue weighted by Crippen LogP contribution is 2.74. The molecule has 1 heterocycles. The van der Waals surface area contributed by atoms with Crippen LogP contribution in [0.25, 0.3) is 0 Å². The van der Waals surface area contributed by atoms with Crippen LogP contribution < -0.4 is 0 Å². The van der Waals surface area contributed by atoms with E-state index in [0.29, 0.717) is 35.5 Å². The summed E-state index contributed by atoms with van der Waals surface area (Å²) >= 11 is 0.582. The topological polar surface area (TPSA) is 32.8 Å². The van der Waals surface area contributed by atoms with Gasteiger partial charge in [-0.15, -0.1) is 0 Å². The maximum atomic E-state index is 13.4. The first-order valence-electron chi connectivity index (χ1n) is 13.3. The third kappa shape index (κ3) is 3.31. The van der Waals surface area contributed by atoms with E-state index >= 15 is 0 Å². The van der Waals surface area contributed by atoms with Gasteiger partial charge < -0.3 is 9.84 Å². The van der Waals surface area contributed by atoms with Gasteiger partial charge in [-0.2, -0.15) is 3.89 Å². The molecule has 1 N–H and O–H groups in total. The first-order valence-corrected chi connectivity index (χ1v) is 14.1. The lowest BCUT2D eigenvalue weighted by molar-refractivity contribution is -0.116. The number of rotatable bonds is 6.